The zero-order valence-electron chi connectivity index (χ0n) is 6.98. The molecule has 0 saturated carbocycles. The van der Waals surface area contributed by atoms with Crippen LogP contribution in [0.2, 0.25) is 0 Å². The monoisotopic (exact) mass is 192 g/mol. The topological polar surface area (TPSA) is 66.9 Å². The van der Waals surface area contributed by atoms with E-state index >= 15 is 0 Å². The van der Waals surface area contributed by atoms with Crippen LogP contribution in [0.4, 0.5) is 10.1 Å². The number of nitro groups is 1. The molecule has 5 heteroatoms. The summed E-state index contributed by atoms with van der Waals surface area (Å²) in [5.41, 5.74) is -0.176. The summed E-state index contributed by atoms with van der Waals surface area (Å²) in [6.07, 6.45) is 2.53. The fourth-order valence-corrected chi connectivity index (χ4v) is 0.907. The van der Waals surface area contributed by atoms with E-state index in [2.05, 4.69) is 0 Å². The van der Waals surface area contributed by atoms with Gasteiger partial charge in [-0.1, -0.05) is 6.07 Å². The molecule has 0 spiro atoms. The van der Waals surface area contributed by atoms with E-state index in [1.54, 1.807) is 6.07 Å². The van der Waals surface area contributed by atoms with Gasteiger partial charge in [0.1, 0.15) is 0 Å². The first-order valence-electron chi connectivity index (χ1n) is 3.65. The molecule has 1 aromatic carbocycles. The molecule has 0 saturated heterocycles. The third-order valence-electron chi connectivity index (χ3n) is 1.52. The predicted molar refractivity (Wildman–Crippen MR) is 47.7 cm³/mol. The molecule has 14 heavy (non-hydrogen) atoms. The Morgan fingerprint density at radius 3 is 2.86 bits per heavy atom. The largest absolute Gasteiger partial charge is 0.305 e. The van der Waals surface area contributed by atoms with E-state index in [0.717, 1.165) is 18.2 Å². The minimum absolute atomic E-state index is 0.416. The molecule has 0 amide bonds. The average molecular weight is 192 g/mol. The lowest BCUT2D eigenvalue weighted by molar-refractivity contribution is -0.387. The molecule has 0 bridgehead atoms. The van der Waals surface area contributed by atoms with Crippen molar-refractivity contribution in [1.29, 1.82) is 5.26 Å². The Kier molecular flexibility index (Phi) is 2.92. The lowest BCUT2D eigenvalue weighted by Crippen LogP contribution is -1.92. The van der Waals surface area contributed by atoms with E-state index in [0.29, 0.717) is 5.56 Å². The van der Waals surface area contributed by atoms with Gasteiger partial charge in [0.05, 0.1) is 11.0 Å². The quantitative estimate of drug-likeness (QED) is 0.410. The minimum atomic E-state index is -0.885. The Labute approximate surface area is 79.0 Å². The van der Waals surface area contributed by atoms with Gasteiger partial charge in [-0.15, -0.1) is 0 Å². The van der Waals surface area contributed by atoms with Gasteiger partial charge < -0.3 is 0 Å². The summed E-state index contributed by atoms with van der Waals surface area (Å²) in [6.45, 7) is 0. The molecule has 0 N–H and O–H groups in total. The van der Waals surface area contributed by atoms with Crippen molar-refractivity contribution in [3.8, 4) is 6.07 Å². The lowest BCUT2D eigenvalue weighted by Gasteiger charge is -1.95. The molecule has 0 heterocycles. The van der Waals surface area contributed by atoms with Gasteiger partial charge in [0, 0.05) is 12.1 Å². The highest BCUT2D eigenvalue weighted by molar-refractivity contribution is 5.55. The zero-order valence-corrected chi connectivity index (χ0v) is 6.98. The number of hydrogen-bond donors (Lipinski definition) is 0. The number of nitro benzene ring substituents is 1. The van der Waals surface area contributed by atoms with Gasteiger partial charge in [0.2, 0.25) is 5.82 Å². The van der Waals surface area contributed by atoms with Crippen LogP contribution < -0.4 is 0 Å². The minimum Gasteiger partial charge on any atom is -0.258 e. The van der Waals surface area contributed by atoms with Crippen LogP contribution in [0, 0.1) is 27.3 Å². The van der Waals surface area contributed by atoms with Gasteiger partial charge in [0.25, 0.3) is 0 Å². The molecular formula is C9H5FN2O2. The number of halogens is 1. The van der Waals surface area contributed by atoms with Gasteiger partial charge in [-0.25, -0.2) is 0 Å². The molecule has 0 aliphatic rings. The normalized spacial score (nSPS) is 10.0. The molecule has 0 unspecified atom stereocenters. The van der Waals surface area contributed by atoms with Crippen LogP contribution in [-0.4, -0.2) is 4.92 Å². The van der Waals surface area contributed by atoms with Crippen molar-refractivity contribution in [2.45, 2.75) is 0 Å². The molecule has 0 aliphatic carbocycles. The maximum Gasteiger partial charge on any atom is 0.305 e. The maximum absolute atomic E-state index is 12.8. The van der Waals surface area contributed by atoms with Crippen molar-refractivity contribution in [1.82, 2.24) is 0 Å². The summed E-state index contributed by atoms with van der Waals surface area (Å²) < 4.78 is 12.8. The van der Waals surface area contributed by atoms with E-state index in [4.69, 9.17) is 5.26 Å². The molecule has 0 radical (unpaired) electrons. The Balaban J connectivity index is 3.14. The van der Waals surface area contributed by atoms with Crippen LogP contribution in [0.15, 0.2) is 24.3 Å². The Morgan fingerprint density at radius 1 is 1.57 bits per heavy atom. The van der Waals surface area contributed by atoms with Crippen molar-refractivity contribution in [2.75, 3.05) is 0 Å². The SMILES string of the molecule is N#CC=Cc1ccc(F)c([N+](=O)[O-])c1. The van der Waals surface area contributed by atoms with E-state index < -0.39 is 16.4 Å². The fraction of sp³-hybridized carbons (Fsp3) is 0. The number of benzene rings is 1. The first-order valence-corrected chi connectivity index (χ1v) is 3.65. The first kappa shape index (κ1) is 9.86. The van der Waals surface area contributed by atoms with Crippen LogP contribution in [0.25, 0.3) is 6.08 Å². The number of rotatable bonds is 2. The van der Waals surface area contributed by atoms with Gasteiger partial charge in [-0.3, -0.25) is 10.1 Å². The molecule has 70 valence electrons. The van der Waals surface area contributed by atoms with Gasteiger partial charge in [0.15, 0.2) is 0 Å². The van der Waals surface area contributed by atoms with Crippen molar-refractivity contribution in [2.24, 2.45) is 0 Å². The van der Waals surface area contributed by atoms with Crippen LogP contribution in [0.1, 0.15) is 5.56 Å². The molecular weight excluding hydrogens is 187 g/mol. The number of nitriles is 1. The molecule has 1 aromatic rings. The predicted octanol–water partition coefficient (Wildman–Crippen LogP) is 2.27. The van der Waals surface area contributed by atoms with Crippen molar-refractivity contribution >= 4 is 11.8 Å². The van der Waals surface area contributed by atoms with E-state index in [-0.39, 0.29) is 0 Å². The highest BCUT2D eigenvalue weighted by Gasteiger charge is 2.12. The molecule has 4 nitrogen and oxygen atoms in total. The number of hydrogen-bond acceptors (Lipinski definition) is 3. The van der Waals surface area contributed by atoms with Crippen LogP contribution in [0.3, 0.4) is 0 Å². The Bertz CT molecular complexity index is 435. The first-order chi connectivity index (χ1) is 6.65. The van der Waals surface area contributed by atoms with Crippen molar-refractivity contribution < 1.29 is 9.31 Å². The summed E-state index contributed by atoms with van der Waals surface area (Å²) in [5.74, 6) is -0.885. The average Bonchev–Trinajstić information content (AvgIpc) is 2.16. The van der Waals surface area contributed by atoms with E-state index in [1.807, 2.05) is 0 Å². The second-order valence-corrected chi connectivity index (χ2v) is 2.43. The number of allylic oxidation sites excluding steroid dienone is 1. The second-order valence-electron chi connectivity index (χ2n) is 2.43. The van der Waals surface area contributed by atoms with Crippen molar-refractivity contribution in [3.63, 3.8) is 0 Å². The highest BCUT2D eigenvalue weighted by Crippen LogP contribution is 2.18. The second kappa shape index (κ2) is 4.14. The van der Waals surface area contributed by atoms with Crippen LogP contribution >= 0.6 is 0 Å². The number of nitrogens with zero attached hydrogens (tertiary/aromatic N) is 2. The zero-order chi connectivity index (χ0) is 10.6. The van der Waals surface area contributed by atoms with Gasteiger partial charge in [-0.05, 0) is 17.7 Å². The van der Waals surface area contributed by atoms with E-state index in [1.165, 1.54) is 12.1 Å². The summed E-state index contributed by atoms with van der Waals surface area (Å²) in [5, 5.41) is 18.5. The summed E-state index contributed by atoms with van der Waals surface area (Å²) in [4.78, 5) is 9.52. The highest BCUT2D eigenvalue weighted by atomic mass is 19.1. The van der Waals surface area contributed by atoms with Crippen LogP contribution in [-0.2, 0) is 0 Å². The van der Waals surface area contributed by atoms with Gasteiger partial charge in [-0.2, -0.15) is 9.65 Å². The summed E-state index contributed by atoms with van der Waals surface area (Å²) in [7, 11) is 0. The summed E-state index contributed by atoms with van der Waals surface area (Å²) >= 11 is 0. The standard InChI is InChI=1S/C9H5FN2O2/c10-8-4-3-7(2-1-5-11)6-9(8)12(13)14/h1-4,6H. The molecule has 0 fully saturated rings. The van der Waals surface area contributed by atoms with Crippen molar-refractivity contribution in [3.05, 3.63) is 45.8 Å². The molecule has 0 atom stereocenters. The molecule has 0 aromatic heterocycles. The van der Waals surface area contributed by atoms with Gasteiger partial charge >= 0.3 is 5.69 Å². The third kappa shape index (κ3) is 2.14. The molecule has 1 rings (SSSR count). The lowest BCUT2D eigenvalue weighted by atomic mass is 10.2. The Morgan fingerprint density at radius 2 is 2.29 bits per heavy atom. The Hall–Kier alpha value is -2.22. The maximum atomic E-state index is 12.8. The fourth-order valence-electron chi connectivity index (χ4n) is 0.907. The molecule has 0 aliphatic heterocycles. The smallest absolute Gasteiger partial charge is 0.258 e. The van der Waals surface area contributed by atoms with E-state index in [9.17, 15) is 14.5 Å². The third-order valence-corrected chi connectivity index (χ3v) is 1.52. The summed E-state index contributed by atoms with van der Waals surface area (Å²) in [6, 6.07) is 5.16. The van der Waals surface area contributed by atoms with Crippen LogP contribution in [0.5, 0.6) is 0 Å².